The summed E-state index contributed by atoms with van der Waals surface area (Å²) >= 11 is 0. The molecule has 0 aliphatic carbocycles. The molecule has 21 heavy (non-hydrogen) atoms. The van der Waals surface area contributed by atoms with Crippen molar-refractivity contribution in [3.63, 3.8) is 0 Å². The predicted molar refractivity (Wildman–Crippen MR) is 79.0 cm³/mol. The molecule has 110 valence electrons. The monoisotopic (exact) mass is 306 g/mol. The lowest BCUT2D eigenvalue weighted by Crippen LogP contribution is -2.06. The van der Waals surface area contributed by atoms with Crippen LogP contribution in [0.15, 0.2) is 47.4 Å². The van der Waals surface area contributed by atoms with Crippen molar-refractivity contribution in [1.29, 1.82) is 0 Å². The number of rotatable bonds is 4. The first-order chi connectivity index (χ1) is 10.0. The number of aryl methyl sites for hydroxylation is 1. The van der Waals surface area contributed by atoms with Crippen LogP contribution in [0.2, 0.25) is 0 Å². The SMILES string of the molecule is COC(=O)c1ccc(CS(=O)c2ccccc2C)cc1F. The van der Waals surface area contributed by atoms with Crippen LogP contribution in [0.1, 0.15) is 21.5 Å². The van der Waals surface area contributed by atoms with Gasteiger partial charge in [-0.05, 0) is 36.2 Å². The number of hydrogen-bond donors (Lipinski definition) is 0. The molecule has 0 bridgehead atoms. The highest BCUT2D eigenvalue weighted by molar-refractivity contribution is 7.84. The minimum absolute atomic E-state index is 0.122. The van der Waals surface area contributed by atoms with E-state index in [9.17, 15) is 13.4 Å². The van der Waals surface area contributed by atoms with Gasteiger partial charge in [0.25, 0.3) is 0 Å². The second-order valence-corrected chi connectivity index (χ2v) is 5.98. The number of methoxy groups -OCH3 is 1. The zero-order valence-electron chi connectivity index (χ0n) is 11.8. The molecule has 0 heterocycles. The zero-order chi connectivity index (χ0) is 15.4. The molecule has 0 aliphatic heterocycles. The summed E-state index contributed by atoms with van der Waals surface area (Å²) in [6.45, 7) is 1.88. The van der Waals surface area contributed by atoms with Gasteiger partial charge in [-0.3, -0.25) is 4.21 Å². The summed E-state index contributed by atoms with van der Waals surface area (Å²) < 4.78 is 30.6. The Morgan fingerprint density at radius 3 is 2.57 bits per heavy atom. The Hall–Kier alpha value is -2.01. The van der Waals surface area contributed by atoms with Crippen LogP contribution in [0.3, 0.4) is 0 Å². The Kier molecular flexibility index (Phi) is 4.85. The van der Waals surface area contributed by atoms with Gasteiger partial charge in [0.05, 0.1) is 29.2 Å². The van der Waals surface area contributed by atoms with E-state index >= 15 is 0 Å². The van der Waals surface area contributed by atoms with Crippen LogP contribution >= 0.6 is 0 Å². The standard InChI is InChI=1S/C16H15FO3S/c1-11-5-3-4-6-15(11)21(19)10-12-7-8-13(14(17)9-12)16(18)20-2/h3-9H,10H2,1-2H3. The molecule has 1 atom stereocenters. The highest BCUT2D eigenvalue weighted by Gasteiger charge is 2.14. The largest absolute Gasteiger partial charge is 0.465 e. The van der Waals surface area contributed by atoms with Gasteiger partial charge in [-0.1, -0.05) is 24.3 Å². The van der Waals surface area contributed by atoms with Gasteiger partial charge in [0.1, 0.15) is 5.82 Å². The minimum atomic E-state index is -1.26. The third-order valence-corrected chi connectivity index (χ3v) is 4.62. The molecule has 0 aliphatic rings. The highest BCUT2D eigenvalue weighted by atomic mass is 32.2. The van der Waals surface area contributed by atoms with Crippen LogP contribution in [0.25, 0.3) is 0 Å². The Bertz CT molecular complexity index is 698. The second kappa shape index (κ2) is 6.63. The van der Waals surface area contributed by atoms with Crippen LogP contribution in [0.4, 0.5) is 4.39 Å². The molecule has 2 rings (SSSR count). The van der Waals surface area contributed by atoms with Crippen LogP contribution in [-0.2, 0) is 21.3 Å². The third kappa shape index (κ3) is 3.55. The van der Waals surface area contributed by atoms with Crippen molar-refractivity contribution in [2.75, 3.05) is 7.11 Å². The predicted octanol–water partition coefficient (Wildman–Crippen LogP) is 3.23. The van der Waals surface area contributed by atoms with E-state index in [1.807, 2.05) is 25.1 Å². The van der Waals surface area contributed by atoms with Gasteiger partial charge >= 0.3 is 5.97 Å². The fourth-order valence-corrected chi connectivity index (χ4v) is 3.26. The van der Waals surface area contributed by atoms with E-state index in [2.05, 4.69) is 4.74 Å². The van der Waals surface area contributed by atoms with E-state index in [4.69, 9.17) is 0 Å². The fraction of sp³-hybridized carbons (Fsp3) is 0.188. The number of benzene rings is 2. The number of hydrogen-bond acceptors (Lipinski definition) is 3. The van der Waals surface area contributed by atoms with Crippen molar-refractivity contribution in [3.05, 3.63) is 65.0 Å². The maximum atomic E-state index is 13.8. The van der Waals surface area contributed by atoms with Crippen molar-refractivity contribution in [2.45, 2.75) is 17.6 Å². The summed E-state index contributed by atoms with van der Waals surface area (Å²) in [6.07, 6.45) is 0. The smallest absolute Gasteiger partial charge is 0.340 e. The van der Waals surface area contributed by atoms with Crippen LogP contribution < -0.4 is 0 Å². The van der Waals surface area contributed by atoms with Crippen molar-refractivity contribution in [2.24, 2.45) is 0 Å². The van der Waals surface area contributed by atoms with E-state index in [1.165, 1.54) is 19.2 Å². The molecule has 5 heteroatoms. The normalized spacial score (nSPS) is 12.0. The lowest BCUT2D eigenvalue weighted by atomic mass is 10.1. The molecule has 0 radical (unpaired) electrons. The number of halogens is 1. The van der Waals surface area contributed by atoms with Gasteiger partial charge in [0.2, 0.25) is 0 Å². The maximum Gasteiger partial charge on any atom is 0.340 e. The first kappa shape index (κ1) is 15.4. The Morgan fingerprint density at radius 1 is 1.24 bits per heavy atom. The summed E-state index contributed by atoms with van der Waals surface area (Å²) in [7, 11) is -0.0588. The van der Waals surface area contributed by atoms with E-state index in [0.717, 1.165) is 10.5 Å². The van der Waals surface area contributed by atoms with E-state index < -0.39 is 22.6 Å². The molecule has 2 aromatic rings. The Balaban J connectivity index is 2.21. The molecular formula is C16H15FO3S. The number of esters is 1. The van der Waals surface area contributed by atoms with Crippen LogP contribution in [0, 0.1) is 12.7 Å². The lowest BCUT2D eigenvalue weighted by molar-refractivity contribution is 0.0595. The van der Waals surface area contributed by atoms with Crippen molar-refractivity contribution < 1.29 is 18.1 Å². The molecule has 0 saturated carbocycles. The highest BCUT2D eigenvalue weighted by Crippen LogP contribution is 2.18. The summed E-state index contributed by atoms with van der Waals surface area (Å²) in [4.78, 5) is 12.0. The van der Waals surface area contributed by atoms with Crippen molar-refractivity contribution in [1.82, 2.24) is 0 Å². The van der Waals surface area contributed by atoms with E-state index in [-0.39, 0.29) is 11.3 Å². The number of carbonyl (C=O) groups is 1. The second-order valence-electron chi connectivity index (χ2n) is 4.56. The van der Waals surface area contributed by atoms with E-state index in [1.54, 1.807) is 12.1 Å². The van der Waals surface area contributed by atoms with Crippen molar-refractivity contribution >= 4 is 16.8 Å². The average Bonchev–Trinajstić information content (AvgIpc) is 2.47. The molecule has 3 nitrogen and oxygen atoms in total. The Morgan fingerprint density at radius 2 is 1.95 bits per heavy atom. The maximum absolute atomic E-state index is 13.8. The van der Waals surface area contributed by atoms with Gasteiger partial charge in [0.15, 0.2) is 0 Å². The molecule has 0 fully saturated rings. The van der Waals surface area contributed by atoms with Gasteiger partial charge in [-0.15, -0.1) is 0 Å². The van der Waals surface area contributed by atoms with Gasteiger partial charge in [-0.2, -0.15) is 0 Å². The molecule has 0 amide bonds. The first-order valence-electron chi connectivity index (χ1n) is 6.33. The molecule has 0 saturated heterocycles. The van der Waals surface area contributed by atoms with Crippen LogP contribution in [0.5, 0.6) is 0 Å². The number of ether oxygens (including phenoxy) is 1. The molecule has 1 unspecified atom stereocenters. The fourth-order valence-electron chi connectivity index (χ4n) is 1.96. The Labute approximate surface area is 125 Å². The van der Waals surface area contributed by atoms with Crippen LogP contribution in [-0.4, -0.2) is 17.3 Å². The van der Waals surface area contributed by atoms with Gasteiger partial charge in [-0.25, -0.2) is 9.18 Å². The molecule has 0 spiro atoms. The average molecular weight is 306 g/mol. The first-order valence-corrected chi connectivity index (χ1v) is 7.65. The topological polar surface area (TPSA) is 43.4 Å². The summed E-state index contributed by atoms with van der Waals surface area (Å²) in [6, 6.07) is 11.5. The number of carbonyl (C=O) groups excluding carboxylic acids is 1. The summed E-state index contributed by atoms with van der Waals surface area (Å²) in [5.41, 5.74) is 1.38. The quantitative estimate of drug-likeness (QED) is 0.815. The zero-order valence-corrected chi connectivity index (χ0v) is 12.6. The summed E-state index contributed by atoms with van der Waals surface area (Å²) in [5.74, 6) is -1.19. The molecule has 0 aromatic heterocycles. The minimum Gasteiger partial charge on any atom is -0.465 e. The summed E-state index contributed by atoms with van der Waals surface area (Å²) in [5, 5.41) is 0. The lowest BCUT2D eigenvalue weighted by Gasteiger charge is -2.07. The molecule has 0 N–H and O–H groups in total. The van der Waals surface area contributed by atoms with Gasteiger partial charge < -0.3 is 4.74 Å². The third-order valence-electron chi connectivity index (χ3n) is 3.08. The molecular weight excluding hydrogens is 291 g/mol. The van der Waals surface area contributed by atoms with Crippen molar-refractivity contribution in [3.8, 4) is 0 Å². The van der Waals surface area contributed by atoms with Gasteiger partial charge in [0, 0.05) is 4.90 Å². The van der Waals surface area contributed by atoms with E-state index in [0.29, 0.717) is 5.56 Å². The molecule has 2 aromatic carbocycles.